The van der Waals surface area contributed by atoms with Crippen LogP contribution in [0.25, 0.3) is 0 Å². The second-order valence-corrected chi connectivity index (χ2v) is 12.6. The number of methoxy groups -OCH3 is 2. The second kappa shape index (κ2) is 11.7. The quantitative estimate of drug-likeness (QED) is 0.488. The van der Waals surface area contributed by atoms with Crippen molar-refractivity contribution >= 4 is 50.6 Å². The maximum absolute atomic E-state index is 12.6. The molecule has 12 heteroatoms. The van der Waals surface area contributed by atoms with Gasteiger partial charge in [0.05, 0.1) is 30.8 Å². The number of hydrogen-bond donors (Lipinski definition) is 1. The van der Waals surface area contributed by atoms with Gasteiger partial charge < -0.3 is 24.4 Å². The van der Waals surface area contributed by atoms with Gasteiger partial charge in [-0.1, -0.05) is 11.8 Å². The molecular formula is C26H36N4O6S2. The minimum absolute atomic E-state index is 0.424. The molecule has 0 saturated carbocycles. The predicted octanol–water partition coefficient (Wildman–Crippen LogP) is 3.76. The van der Waals surface area contributed by atoms with Crippen LogP contribution in [-0.4, -0.2) is 96.9 Å². The molecule has 10 nitrogen and oxygen atoms in total. The third-order valence-corrected chi connectivity index (χ3v) is 9.29. The number of benzene rings is 2. The summed E-state index contributed by atoms with van der Waals surface area (Å²) >= 11 is 1.57. The Morgan fingerprint density at radius 1 is 0.947 bits per heavy atom. The standard InChI is InChI=1S/C26H36N4O6S2/c1-18-14-20(27-6-8-29(9-7-27)38(5,33)34)16-22-24(18)30(26(31)32)25-19(2)15-21(17-23(25)37-22)28(10-12-35-3)11-13-36-4/h14-17H,6-13H2,1-5H3,(H,31,32). The maximum Gasteiger partial charge on any atom is 0.416 e. The van der Waals surface area contributed by atoms with Crippen LogP contribution in [0.1, 0.15) is 11.1 Å². The summed E-state index contributed by atoms with van der Waals surface area (Å²) in [6.45, 7) is 8.37. The third-order valence-electron chi connectivity index (χ3n) is 6.93. The zero-order chi connectivity index (χ0) is 27.6. The van der Waals surface area contributed by atoms with Gasteiger partial charge in [0.2, 0.25) is 10.0 Å². The molecule has 0 aromatic heterocycles. The number of rotatable bonds is 9. The molecule has 2 aliphatic heterocycles. The fourth-order valence-electron chi connectivity index (χ4n) is 5.02. The van der Waals surface area contributed by atoms with Gasteiger partial charge in [-0.3, -0.25) is 0 Å². The summed E-state index contributed by atoms with van der Waals surface area (Å²) in [6, 6.07) is 8.09. The summed E-state index contributed by atoms with van der Waals surface area (Å²) < 4.78 is 36.0. The molecule has 4 rings (SSSR count). The molecule has 0 unspecified atom stereocenters. The Kier molecular flexibility index (Phi) is 8.78. The van der Waals surface area contributed by atoms with Crippen LogP contribution < -0.4 is 14.7 Å². The van der Waals surface area contributed by atoms with Gasteiger partial charge in [-0.15, -0.1) is 0 Å². The van der Waals surface area contributed by atoms with Crippen LogP contribution in [0.5, 0.6) is 0 Å². The van der Waals surface area contributed by atoms with E-state index in [2.05, 4.69) is 9.80 Å². The molecule has 0 aliphatic carbocycles. The van der Waals surface area contributed by atoms with E-state index in [9.17, 15) is 18.3 Å². The highest BCUT2D eigenvalue weighted by Crippen LogP contribution is 2.53. The molecule has 2 heterocycles. The lowest BCUT2D eigenvalue weighted by Gasteiger charge is -2.37. The van der Waals surface area contributed by atoms with E-state index in [0.717, 1.165) is 32.3 Å². The normalized spacial score (nSPS) is 15.8. The van der Waals surface area contributed by atoms with Crippen LogP contribution in [0.15, 0.2) is 34.1 Å². The number of ether oxygens (including phenoxy) is 2. The highest BCUT2D eigenvalue weighted by molar-refractivity contribution is 7.99. The summed E-state index contributed by atoms with van der Waals surface area (Å²) in [5.41, 5.74) is 5.02. The number of sulfonamides is 1. The fraction of sp³-hybridized carbons (Fsp3) is 0.500. The first-order valence-electron chi connectivity index (χ1n) is 12.5. The summed E-state index contributed by atoms with van der Waals surface area (Å²) in [5.74, 6) is 0. The highest BCUT2D eigenvalue weighted by atomic mass is 32.2. The lowest BCUT2D eigenvalue weighted by molar-refractivity contribution is 0.190. The van der Waals surface area contributed by atoms with Crippen LogP contribution in [0, 0.1) is 13.8 Å². The Labute approximate surface area is 229 Å². The number of fused-ring (bicyclic) bond motifs is 2. The van der Waals surface area contributed by atoms with Gasteiger partial charge in [0, 0.05) is 74.7 Å². The fourth-order valence-corrected chi connectivity index (χ4v) is 7.14. The number of anilines is 4. The molecule has 2 aromatic rings. The molecule has 208 valence electrons. The maximum atomic E-state index is 12.6. The first-order valence-corrected chi connectivity index (χ1v) is 15.1. The van der Waals surface area contributed by atoms with E-state index >= 15 is 0 Å². The number of carbonyl (C=O) groups is 1. The molecule has 2 aliphatic rings. The molecule has 0 spiro atoms. The van der Waals surface area contributed by atoms with Crippen LogP contribution in [0.2, 0.25) is 0 Å². The van der Waals surface area contributed by atoms with Crippen LogP contribution in [-0.2, 0) is 19.5 Å². The molecule has 0 bridgehead atoms. The highest BCUT2D eigenvalue weighted by Gasteiger charge is 2.33. The third kappa shape index (κ3) is 5.89. The van der Waals surface area contributed by atoms with Gasteiger partial charge in [-0.2, -0.15) is 4.31 Å². The lowest BCUT2D eigenvalue weighted by Crippen LogP contribution is -2.48. The van der Waals surface area contributed by atoms with Crippen molar-refractivity contribution in [2.75, 3.05) is 87.7 Å². The number of hydrogen-bond acceptors (Lipinski definition) is 8. The number of carboxylic acid groups (broad SMARTS) is 1. The van der Waals surface area contributed by atoms with E-state index in [-0.39, 0.29) is 0 Å². The molecule has 38 heavy (non-hydrogen) atoms. The minimum atomic E-state index is -3.22. The number of piperazine rings is 1. The molecule has 1 saturated heterocycles. The predicted molar refractivity (Wildman–Crippen MR) is 151 cm³/mol. The van der Waals surface area contributed by atoms with Crippen molar-refractivity contribution in [3.8, 4) is 0 Å². The monoisotopic (exact) mass is 564 g/mol. The van der Waals surface area contributed by atoms with Crippen molar-refractivity contribution in [3.05, 3.63) is 35.4 Å². The first-order chi connectivity index (χ1) is 18.0. The molecule has 1 amide bonds. The zero-order valence-electron chi connectivity index (χ0n) is 22.6. The summed E-state index contributed by atoms with van der Waals surface area (Å²) in [5, 5.41) is 10.3. The Morgan fingerprint density at radius 3 is 2.03 bits per heavy atom. The number of nitrogens with zero attached hydrogens (tertiary/aromatic N) is 4. The van der Waals surface area contributed by atoms with E-state index in [1.807, 2.05) is 38.1 Å². The Morgan fingerprint density at radius 2 is 1.50 bits per heavy atom. The van der Waals surface area contributed by atoms with E-state index in [0.29, 0.717) is 63.9 Å². The van der Waals surface area contributed by atoms with Crippen LogP contribution in [0.3, 0.4) is 0 Å². The zero-order valence-corrected chi connectivity index (χ0v) is 24.2. The van der Waals surface area contributed by atoms with Gasteiger partial charge in [0.25, 0.3) is 0 Å². The van der Waals surface area contributed by atoms with Gasteiger partial charge in [-0.25, -0.2) is 18.1 Å². The Bertz CT molecular complexity index is 1290. The van der Waals surface area contributed by atoms with Crippen LogP contribution >= 0.6 is 11.8 Å². The SMILES string of the molecule is COCCN(CCOC)c1cc(C)c2c(c1)Sc1cc(N3CCN(S(C)(=O)=O)CC3)cc(C)c1N2C(=O)O. The van der Waals surface area contributed by atoms with E-state index in [4.69, 9.17) is 9.47 Å². The first kappa shape index (κ1) is 28.5. The topological polar surface area (TPSA) is 103 Å². The molecule has 2 aromatic carbocycles. The summed E-state index contributed by atoms with van der Waals surface area (Å²) in [7, 11) is 0.123. The van der Waals surface area contributed by atoms with Crippen molar-refractivity contribution < 1.29 is 27.8 Å². The van der Waals surface area contributed by atoms with E-state index in [1.165, 1.54) is 15.5 Å². The molecule has 0 atom stereocenters. The Hall–Kier alpha value is -2.51. The Balaban J connectivity index is 1.71. The van der Waals surface area contributed by atoms with Gasteiger partial charge in [0.1, 0.15) is 0 Å². The smallest absolute Gasteiger partial charge is 0.416 e. The molecule has 1 N–H and O–H groups in total. The van der Waals surface area contributed by atoms with E-state index < -0.39 is 16.1 Å². The second-order valence-electron chi connectivity index (χ2n) is 9.56. The molecular weight excluding hydrogens is 528 g/mol. The number of amides is 1. The van der Waals surface area contributed by atoms with Crippen molar-refractivity contribution in [3.63, 3.8) is 0 Å². The van der Waals surface area contributed by atoms with Crippen molar-refractivity contribution in [1.82, 2.24) is 4.31 Å². The average molecular weight is 565 g/mol. The van der Waals surface area contributed by atoms with E-state index in [1.54, 1.807) is 26.0 Å². The van der Waals surface area contributed by atoms with Crippen LogP contribution in [0.4, 0.5) is 27.5 Å². The van der Waals surface area contributed by atoms with Gasteiger partial charge in [0.15, 0.2) is 0 Å². The van der Waals surface area contributed by atoms with Gasteiger partial charge in [-0.05, 0) is 49.2 Å². The molecule has 1 fully saturated rings. The summed E-state index contributed by atoms with van der Waals surface area (Å²) in [4.78, 5) is 20.1. The lowest BCUT2D eigenvalue weighted by atomic mass is 10.1. The van der Waals surface area contributed by atoms with Crippen molar-refractivity contribution in [2.45, 2.75) is 23.6 Å². The molecule has 0 radical (unpaired) electrons. The number of aryl methyl sites for hydroxylation is 2. The average Bonchev–Trinajstić information content (AvgIpc) is 2.86. The van der Waals surface area contributed by atoms with Crippen molar-refractivity contribution in [2.24, 2.45) is 0 Å². The van der Waals surface area contributed by atoms with Gasteiger partial charge >= 0.3 is 6.09 Å². The largest absolute Gasteiger partial charge is 0.464 e. The minimum Gasteiger partial charge on any atom is -0.464 e. The summed E-state index contributed by atoms with van der Waals surface area (Å²) in [6.07, 6.45) is 0.208. The van der Waals surface area contributed by atoms with Crippen molar-refractivity contribution in [1.29, 1.82) is 0 Å².